The van der Waals surface area contributed by atoms with Gasteiger partial charge in [0.15, 0.2) is 5.96 Å². The lowest BCUT2D eigenvalue weighted by Gasteiger charge is -2.37. The van der Waals surface area contributed by atoms with Crippen LogP contribution >= 0.6 is 24.0 Å². The molecule has 1 aromatic rings. The van der Waals surface area contributed by atoms with Crippen LogP contribution in [0.5, 0.6) is 5.75 Å². The molecule has 1 atom stereocenters. The van der Waals surface area contributed by atoms with E-state index in [0.717, 1.165) is 62.3 Å². The number of ether oxygens (including phenoxy) is 2. The minimum absolute atomic E-state index is 0. The zero-order valence-electron chi connectivity index (χ0n) is 18.4. The van der Waals surface area contributed by atoms with Crippen molar-refractivity contribution < 1.29 is 14.3 Å². The van der Waals surface area contributed by atoms with Gasteiger partial charge in [0.05, 0.1) is 13.2 Å². The van der Waals surface area contributed by atoms with Crippen molar-refractivity contribution in [1.29, 1.82) is 0 Å². The molecule has 2 aliphatic heterocycles. The number of guanidine groups is 1. The van der Waals surface area contributed by atoms with Crippen LogP contribution in [0.25, 0.3) is 0 Å². The Morgan fingerprint density at radius 2 is 1.90 bits per heavy atom. The van der Waals surface area contributed by atoms with Crippen molar-refractivity contribution in [3.8, 4) is 5.75 Å². The fourth-order valence-electron chi connectivity index (χ4n) is 3.97. The highest BCUT2D eigenvalue weighted by Crippen LogP contribution is 2.30. The van der Waals surface area contributed by atoms with E-state index in [0.29, 0.717) is 26.2 Å². The van der Waals surface area contributed by atoms with E-state index in [-0.39, 0.29) is 36.0 Å². The summed E-state index contributed by atoms with van der Waals surface area (Å²) < 4.78 is 11.6. The highest BCUT2D eigenvalue weighted by molar-refractivity contribution is 14.0. The first kappa shape index (κ1) is 24.1. The molecule has 1 aliphatic carbocycles. The molecule has 0 radical (unpaired) electrons. The molecular formula is C23H35IN4O3. The third-order valence-electron chi connectivity index (χ3n) is 5.97. The van der Waals surface area contributed by atoms with Crippen molar-refractivity contribution in [1.82, 2.24) is 15.1 Å². The third kappa shape index (κ3) is 6.71. The lowest BCUT2D eigenvalue weighted by atomic mass is 10.2. The number of nitrogens with one attached hydrogen (secondary N) is 1. The van der Waals surface area contributed by atoms with Crippen molar-refractivity contribution in [2.45, 2.75) is 45.3 Å². The number of para-hydroxylation sites is 1. The second-order valence-corrected chi connectivity index (χ2v) is 8.35. The number of carbonyl (C=O) groups is 1. The Balaban J connectivity index is 0.00000272. The van der Waals surface area contributed by atoms with Crippen molar-refractivity contribution >= 4 is 35.8 Å². The van der Waals surface area contributed by atoms with E-state index < -0.39 is 0 Å². The summed E-state index contributed by atoms with van der Waals surface area (Å²) in [5.74, 6) is 2.72. The number of aliphatic imine (C=N–C) groups is 1. The number of nitrogens with zero attached hydrogens (tertiary/aromatic N) is 3. The molecule has 31 heavy (non-hydrogen) atoms. The summed E-state index contributed by atoms with van der Waals surface area (Å²) in [6.07, 6.45) is 4.18. The molecule has 3 fully saturated rings. The van der Waals surface area contributed by atoms with Gasteiger partial charge in [-0.3, -0.25) is 4.79 Å². The van der Waals surface area contributed by atoms with Gasteiger partial charge in [0.25, 0.3) is 5.91 Å². The molecule has 1 N–H and O–H groups in total. The third-order valence-corrected chi connectivity index (χ3v) is 5.97. The summed E-state index contributed by atoms with van der Waals surface area (Å²) >= 11 is 0. The van der Waals surface area contributed by atoms with Crippen LogP contribution < -0.4 is 10.1 Å². The molecule has 0 aromatic heterocycles. The number of amides is 1. The molecule has 0 spiro atoms. The van der Waals surface area contributed by atoms with Gasteiger partial charge < -0.3 is 24.6 Å². The Bertz CT molecular complexity index is 742. The van der Waals surface area contributed by atoms with E-state index in [1.807, 2.05) is 23.1 Å². The number of carbonyl (C=O) groups excluding carboxylic acids is 1. The normalized spacial score (nSPS) is 21.6. The van der Waals surface area contributed by atoms with Crippen LogP contribution in [0.15, 0.2) is 29.3 Å². The minimum Gasteiger partial charge on any atom is -0.493 e. The average Bonchev–Trinajstić information content (AvgIpc) is 3.46. The van der Waals surface area contributed by atoms with E-state index in [1.165, 1.54) is 12.8 Å². The fraction of sp³-hybridized carbons (Fsp3) is 0.652. The maximum atomic E-state index is 12.6. The quantitative estimate of drug-likeness (QED) is 0.326. The summed E-state index contributed by atoms with van der Waals surface area (Å²) in [6, 6.07) is 8.19. The van der Waals surface area contributed by atoms with Crippen molar-refractivity contribution in [2.24, 2.45) is 10.9 Å². The van der Waals surface area contributed by atoms with Crippen LogP contribution in [0.1, 0.15) is 38.2 Å². The molecule has 1 aromatic carbocycles. The smallest absolute Gasteiger partial charge is 0.251 e. The molecule has 3 aliphatic rings. The van der Waals surface area contributed by atoms with E-state index in [9.17, 15) is 4.79 Å². The van der Waals surface area contributed by atoms with Crippen molar-refractivity contribution in [3.05, 3.63) is 29.8 Å². The Labute approximate surface area is 202 Å². The largest absolute Gasteiger partial charge is 0.493 e. The Morgan fingerprint density at radius 1 is 1.16 bits per heavy atom. The van der Waals surface area contributed by atoms with Crippen LogP contribution in [0.4, 0.5) is 0 Å². The SMILES string of the molecule is CCNC(=NCc1ccccc1OCC1CC1)N1CCN(C(=O)C2CCCO2)CC1.I. The lowest BCUT2D eigenvalue weighted by molar-refractivity contribution is -0.142. The van der Waals surface area contributed by atoms with Crippen LogP contribution in [0.2, 0.25) is 0 Å². The maximum absolute atomic E-state index is 12.6. The van der Waals surface area contributed by atoms with Crippen molar-refractivity contribution in [3.63, 3.8) is 0 Å². The van der Waals surface area contributed by atoms with Gasteiger partial charge in [-0.2, -0.15) is 0 Å². The number of hydrogen-bond donors (Lipinski definition) is 1. The minimum atomic E-state index is -0.231. The predicted molar refractivity (Wildman–Crippen MR) is 132 cm³/mol. The van der Waals surface area contributed by atoms with E-state index in [2.05, 4.69) is 23.2 Å². The molecule has 8 heteroatoms. The molecule has 2 saturated heterocycles. The Morgan fingerprint density at radius 3 is 2.58 bits per heavy atom. The van der Waals surface area contributed by atoms with Gasteiger partial charge in [-0.25, -0.2) is 4.99 Å². The molecule has 1 saturated carbocycles. The summed E-state index contributed by atoms with van der Waals surface area (Å²) in [4.78, 5) is 21.7. The predicted octanol–water partition coefficient (Wildman–Crippen LogP) is 2.88. The van der Waals surface area contributed by atoms with Crippen molar-refractivity contribution in [2.75, 3.05) is 45.9 Å². The van der Waals surface area contributed by atoms with E-state index in [4.69, 9.17) is 14.5 Å². The van der Waals surface area contributed by atoms with Crippen LogP contribution in [-0.2, 0) is 16.1 Å². The van der Waals surface area contributed by atoms with Gasteiger partial charge in [0.1, 0.15) is 11.9 Å². The van der Waals surface area contributed by atoms with Crippen LogP contribution in [0.3, 0.4) is 0 Å². The second kappa shape index (κ2) is 11.9. The number of halogens is 1. The summed E-state index contributed by atoms with van der Waals surface area (Å²) in [6.45, 7) is 7.98. The highest BCUT2D eigenvalue weighted by Gasteiger charge is 2.31. The number of rotatable bonds is 7. The zero-order chi connectivity index (χ0) is 20.8. The van der Waals surface area contributed by atoms with Gasteiger partial charge in [0.2, 0.25) is 0 Å². The standard InChI is InChI=1S/C23H34N4O3.HI/c1-2-24-23(25-16-19-6-3-4-7-20(19)30-17-18-9-10-18)27-13-11-26(12-14-27)22(28)21-8-5-15-29-21;/h3-4,6-7,18,21H,2,5,8-17H2,1H3,(H,24,25);1H. The van der Waals surface area contributed by atoms with Gasteiger partial charge >= 0.3 is 0 Å². The molecule has 0 bridgehead atoms. The summed E-state index contributed by atoms with van der Waals surface area (Å²) in [5, 5.41) is 3.41. The van der Waals surface area contributed by atoms with Gasteiger partial charge in [0, 0.05) is 44.9 Å². The lowest BCUT2D eigenvalue weighted by Crippen LogP contribution is -2.55. The maximum Gasteiger partial charge on any atom is 0.251 e. The number of hydrogen-bond acceptors (Lipinski definition) is 4. The Kier molecular flexibility index (Phi) is 9.25. The highest BCUT2D eigenvalue weighted by atomic mass is 127. The zero-order valence-corrected chi connectivity index (χ0v) is 20.8. The first-order chi connectivity index (χ1) is 14.7. The average molecular weight is 542 g/mol. The summed E-state index contributed by atoms with van der Waals surface area (Å²) in [5.41, 5.74) is 1.11. The number of benzene rings is 1. The molecule has 1 unspecified atom stereocenters. The van der Waals surface area contributed by atoms with E-state index in [1.54, 1.807) is 0 Å². The summed E-state index contributed by atoms with van der Waals surface area (Å²) in [7, 11) is 0. The molecular weight excluding hydrogens is 507 g/mol. The van der Waals surface area contributed by atoms with Gasteiger partial charge in [-0.05, 0) is 44.6 Å². The van der Waals surface area contributed by atoms with E-state index >= 15 is 0 Å². The topological polar surface area (TPSA) is 66.4 Å². The monoisotopic (exact) mass is 542 g/mol. The number of piperazine rings is 1. The first-order valence-electron chi connectivity index (χ1n) is 11.4. The second-order valence-electron chi connectivity index (χ2n) is 8.35. The van der Waals surface area contributed by atoms with Gasteiger partial charge in [-0.1, -0.05) is 18.2 Å². The molecule has 4 rings (SSSR count). The van der Waals surface area contributed by atoms with Gasteiger partial charge in [-0.15, -0.1) is 24.0 Å². The molecule has 2 heterocycles. The molecule has 172 valence electrons. The Hall–Kier alpha value is -1.55. The molecule has 1 amide bonds. The van der Waals surface area contributed by atoms with Crippen LogP contribution in [0, 0.1) is 5.92 Å². The first-order valence-corrected chi connectivity index (χ1v) is 11.4. The van der Waals surface area contributed by atoms with Crippen LogP contribution in [-0.4, -0.2) is 73.7 Å². The fourth-order valence-corrected chi connectivity index (χ4v) is 3.97. The molecule has 7 nitrogen and oxygen atoms in total.